The summed E-state index contributed by atoms with van der Waals surface area (Å²) in [5, 5.41) is 14.7. The second kappa shape index (κ2) is 6.59. The van der Waals surface area contributed by atoms with E-state index in [0.717, 1.165) is 0 Å². The minimum absolute atomic E-state index is 0.0617. The molecule has 0 aliphatic carbocycles. The fourth-order valence-corrected chi connectivity index (χ4v) is 1.16. The molecule has 1 unspecified atom stereocenters. The lowest BCUT2D eigenvalue weighted by molar-refractivity contribution is -0.139. The number of aliphatic hydroxyl groups is 1. The molecule has 0 fully saturated rings. The third kappa shape index (κ3) is 6.94. The van der Waals surface area contributed by atoms with Gasteiger partial charge in [0, 0.05) is 12.6 Å². The van der Waals surface area contributed by atoms with E-state index >= 15 is 0 Å². The van der Waals surface area contributed by atoms with Crippen LogP contribution >= 0.6 is 0 Å². The zero-order valence-electron chi connectivity index (χ0n) is 11.3. The molecule has 0 radical (unpaired) electrons. The van der Waals surface area contributed by atoms with Crippen LogP contribution in [-0.2, 0) is 9.59 Å². The number of carbonyl (C=O) groups is 2. The Bertz CT molecular complexity index is 269. The lowest BCUT2D eigenvalue weighted by atomic mass is 9.87. The molecule has 0 aromatic rings. The van der Waals surface area contributed by atoms with Crippen molar-refractivity contribution in [3.05, 3.63) is 0 Å². The molecular formula is C12H24N2O3. The molecule has 0 aromatic heterocycles. The van der Waals surface area contributed by atoms with Crippen LogP contribution in [0.5, 0.6) is 0 Å². The molecule has 0 aliphatic heterocycles. The van der Waals surface area contributed by atoms with Crippen LogP contribution in [0.3, 0.4) is 0 Å². The third-order valence-electron chi connectivity index (χ3n) is 2.33. The summed E-state index contributed by atoms with van der Waals surface area (Å²) in [5.74, 6) is -1.29. The Balaban J connectivity index is 3.90. The highest BCUT2D eigenvalue weighted by Crippen LogP contribution is 2.20. The Morgan fingerprint density at radius 2 is 1.71 bits per heavy atom. The van der Waals surface area contributed by atoms with Crippen molar-refractivity contribution in [1.29, 1.82) is 0 Å². The molecule has 3 N–H and O–H groups in total. The van der Waals surface area contributed by atoms with Crippen LogP contribution in [0.2, 0.25) is 0 Å². The Morgan fingerprint density at radius 3 is 2.12 bits per heavy atom. The van der Waals surface area contributed by atoms with Crippen molar-refractivity contribution in [1.82, 2.24) is 10.6 Å². The van der Waals surface area contributed by atoms with Gasteiger partial charge in [0.25, 0.3) is 0 Å². The van der Waals surface area contributed by atoms with Gasteiger partial charge in [-0.15, -0.1) is 0 Å². The van der Waals surface area contributed by atoms with Gasteiger partial charge >= 0.3 is 11.8 Å². The second-order valence-corrected chi connectivity index (χ2v) is 5.55. The number of amides is 2. The predicted octanol–water partition coefficient (Wildman–Crippen LogP) is 0.424. The van der Waals surface area contributed by atoms with Gasteiger partial charge in [-0.25, -0.2) is 0 Å². The van der Waals surface area contributed by atoms with Gasteiger partial charge in [-0.2, -0.15) is 0 Å². The molecule has 2 amide bonds. The number of carbonyl (C=O) groups excluding carboxylic acids is 2. The van der Waals surface area contributed by atoms with E-state index in [1.807, 2.05) is 20.8 Å². The summed E-state index contributed by atoms with van der Waals surface area (Å²) < 4.78 is 0. The van der Waals surface area contributed by atoms with Gasteiger partial charge in [-0.05, 0) is 25.7 Å². The topological polar surface area (TPSA) is 78.4 Å². The van der Waals surface area contributed by atoms with Crippen LogP contribution in [0.25, 0.3) is 0 Å². The fraction of sp³-hybridized carbons (Fsp3) is 0.833. The maximum atomic E-state index is 11.3. The van der Waals surface area contributed by atoms with Gasteiger partial charge in [0.2, 0.25) is 0 Å². The van der Waals surface area contributed by atoms with E-state index in [1.54, 1.807) is 13.8 Å². The summed E-state index contributed by atoms with van der Waals surface area (Å²) in [4.78, 5) is 22.5. The van der Waals surface area contributed by atoms with Crippen molar-refractivity contribution < 1.29 is 14.7 Å². The number of rotatable bonds is 4. The molecular weight excluding hydrogens is 220 g/mol. The quantitative estimate of drug-likeness (QED) is 0.627. The van der Waals surface area contributed by atoms with Gasteiger partial charge < -0.3 is 15.7 Å². The number of hydrogen-bond acceptors (Lipinski definition) is 3. The largest absolute Gasteiger partial charge is 0.393 e. The van der Waals surface area contributed by atoms with Crippen molar-refractivity contribution in [3.8, 4) is 0 Å². The van der Waals surface area contributed by atoms with E-state index in [9.17, 15) is 14.7 Å². The summed E-state index contributed by atoms with van der Waals surface area (Å²) in [6.45, 7) is 9.63. The van der Waals surface area contributed by atoms with Crippen molar-refractivity contribution in [2.75, 3.05) is 6.54 Å². The minimum Gasteiger partial charge on any atom is -0.393 e. The highest BCUT2D eigenvalue weighted by molar-refractivity contribution is 6.35. The lowest BCUT2D eigenvalue weighted by Gasteiger charge is -2.25. The molecule has 5 nitrogen and oxygen atoms in total. The molecule has 0 aliphatic rings. The first-order valence-corrected chi connectivity index (χ1v) is 5.91. The first-order valence-electron chi connectivity index (χ1n) is 5.91. The van der Waals surface area contributed by atoms with Crippen LogP contribution in [0.1, 0.15) is 41.0 Å². The zero-order valence-corrected chi connectivity index (χ0v) is 11.3. The Hall–Kier alpha value is -1.10. The van der Waals surface area contributed by atoms with Crippen molar-refractivity contribution >= 4 is 11.8 Å². The van der Waals surface area contributed by atoms with E-state index in [4.69, 9.17) is 0 Å². The molecule has 5 heteroatoms. The van der Waals surface area contributed by atoms with Gasteiger partial charge in [0.15, 0.2) is 0 Å². The van der Waals surface area contributed by atoms with E-state index in [-0.39, 0.29) is 11.5 Å². The van der Waals surface area contributed by atoms with E-state index in [1.165, 1.54) is 0 Å². The Kier molecular flexibility index (Phi) is 6.16. The van der Waals surface area contributed by atoms with Crippen molar-refractivity contribution in [2.24, 2.45) is 5.41 Å². The average molecular weight is 244 g/mol. The Morgan fingerprint density at radius 1 is 1.18 bits per heavy atom. The molecule has 17 heavy (non-hydrogen) atoms. The van der Waals surface area contributed by atoms with Gasteiger partial charge in [-0.1, -0.05) is 20.8 Å². The fourth-order valence-electron chi connectivity index (χ4n) is 1.16. The van der Waals surface area contributed by atoms with Crippen LogP contribution in [0.15, 0.2) is 0 Å². The summed E-state index contributed by atoms with van der Waals surface area (Å²) in [7, 11) is 0. The highest BCUT2D eigenvalue weighted by atomic mass is 16.3. The van der Waals surface area contributed by atoms with Crippen LogP contribution in [0, 0.1) is 5.41 Å². The maximum absolute atomic E-state index is 11.3. The average Bonchev–Trinajstić information content (AvgIpc) is 2.14. The van der Waals surface area contributed by atoms with E-state index < -0.39 is 17.9 Å². The molecule has 0 heterocycles. The summed E-state index contributed by atoms with van der Waals surface area (Å²) in [6.07, 6.45) is -0.0690. The molecule has 0 bridgehead atoms. The highest BCUT2D eigenvalue weighted by Gasteiger charge is 2.22. The molecule has 0 aromatic carbocycles. The Labute approximate surface area is 103 Å². The first-order chi connectivity index (χ1) is 7.64. The first kappa shape index (κ1) is 15.9. The van der Waals surface area contributed by atoms with Gasteiger partial charge in [0.05, 0.1) is 6.10 Å². The molecule has 0 rings (SSSR count). The zero-order chi connectivity index (χ0) is 13.6. The monoisotopic (exact) mass is 244 g/mol. The smallest absolute Gasteiger partial charge is 0.309 e. The van der Waals surface area contributed by atoms with Crippen LogP contribution < -0.4 is 10.6 Å². The maximum Gasteiger partial charge on any atom is 0.309 e. The van der Waals surface area contributed by atoms with E-state index in [2.05, 4.69) is 10.6 Å². The predicted molar refractivity (Wildman–Crippen MR) is 66.4 cm³/mol. The number of aliphatic hydroxyl groups excluding tert-OH is 1. The van der Waals surface area contributed by atoms with Gasteiger partial charge in [0.1, 0.15) is 0 Å². The van der Waals surface area contributed by atoms with Crippen molar-refractivity contribution in [3.63, 3.8) is 0 Å². The van der Waals surface area contributed by atoms with Gasteiger partial charge in [-0.3, -0.25) is 9.59 Å². The van der Waals surface area contributed by atoms with Crippen LogP contribution in [-0.4, -0.2) is 35.6 Å². The number of hydrogen-bond donors (Lipinski definition) is 3. The van der Waals surface area contributed by atoms with Crippen molar-refractivity contribution in [2.45, 2.75) is 53.2 Å². The molecule has 0 spiro atoms. The summed E-state index contributed by atoms with van der Waals surface area (Å²) >= 11 is 0. The summed E-state index contributed by atoms with van der Waals surface area (Å²) in [6, 6.07) is -0.0617. The summed E-state index contributed by atoms with van der Waals surface area (Å²) in [5.41, 5.74) is -0.217. The number of nitrogens with one attached hydrogen (secondary N) is 2. The molecule has 1 atom stereocenters. The third-order valence-corrected chi connectivity index (χ3v) is 2.33. The molecule has 0 saturated carbocycles. The molecule has 100 valence electrons. The SMILES string of the molecule is CC(C)NC(=O)C(=O)NCCC(O)C(C)(C)C. The minimum atomic E-state index is -0.653. The normalized spacial score (nSPS) is 13.4. The lowest BCUT2D eigenvalue weighted by Crippen LogP contribution is -2.43. The molecule has 0 saturated heterocycles. The standard InChI is InChI=1S/C12H24N2O3/c1-8(2)14-11(17)10(16)13-7-6-9(15)12(3,4)5/h8-9,15H,6-7H2,1-5H3,(H,13,16)(H,14,17). The van der Waals surface area contributed by atoms with E-state index in [0.29, 0.717) is 13.0 Å². The second-order valence-electron chi connectivity index (χ2n) is 5.55. The van der Waals surface area contributed by atoms with Crippen LogP contribution in [0.4, 0.5) is 0 Å².